The Labute approximate surface area is 148 Å². The summed E-state index contributed by atoms with van der Waals surface area (Å²) in [6.07, 6.45) is 3.09. The van der Waals surface area contributed by atoms with Crippen LogP contribution in [0.25, 0.3) is 10.9 Å². The summed E-state index contributed by atoms with van der Waals surface area (Å²) in [6, 6.07) is 8.75. The molecule has 124 valence electrons. The second kappa shape index (κ2) is 5.85. The molecule has 4 rings (SSSR count). The van der Waals surface area contributed by atoms with E-state index in [2.05, 4.69) is 67.3 Å². The summed E-state index contributed by atoms with van der Waals surface area (Å²) in [5, 5.41) is 1.33. The zero-order valence-corrected chi connectivity index (χ0v) is 15.4. The molecule has 3 heterocycles. The summed E-state index contributed by atoms with van der Waals surface area (Å²) >= 11 is 4.51. The molecule has 3 aromatic rings. The third-order valence-electron chi connectivity index (χ3n) is 5.47. The molecule has 0 N–H and O–H groups in total. The van der Waals surface area contributed by atoms with Gasteiger partial charge in [0.25, 0.3) is 0 Å². The van der Waals surface area contributed by atoms with Crippen molar-refractivity contribution in [2.24, 2.45) is 7.05 Å². The SMILES string of the molecule is Cc1c(C)n(C)c2c(N3CCc4ccccc4C3)ncc(CS)c12. The van der Waals surface area contributed by atoms with E-state index in [1.54, 1.807) is 0 Å². The van der Waals surface area contributed by atoms with E-state index in [9.17, 15) is 0 Å². The fraction of sp³-hybridized carbons (Fsp3) is 0.350. The van der Waals surface area contributed by atoms with Crippen LogP contribution in [0.2, 0.25) is 0 Å². The number of fused-ring (bicyclic) bond motifs is 2. The molecule has 0 spiro atoms. The molecule has 2 aromatic heterocycles. The highest BCUT2D eigenvalue weighted by molar-refractivity contribution is 7.79. The molecular formula is C20H23N3S. The molecule has 0 aliphatic carbocycles. The molecule has 1 aromatic carbocycles. The van der Waals surface area contributed by atoms with Crippen LogP contribution in [0.4, 0.5) is 5.82 Å². The summed E-state index contributed by atoms with van der Waals surface area (Å²) in [4.78, 5) is 7.27. The minimum atomic E-state index is 0.719. The first-order chi connectivity index (χ1) is 11.6. The number of aryl methyl sites for hydroxylation is 2. The highest BCUT2D eigenvalue weighted by atomic mass is 32.1. The zero-order chi connectivity index (χ0) is 16.8. The monoisotopic (exact) mass is 337 g/mol. The maximum Gasteiger partial charge on any atom is 0.153 e. The molecular weight excluding hydrogens is 314 g/mol. The second-order valence-corrected chi connectivity index (χ2v) is 7.01. The smallest absolute Gasteiger partial charge is 0.153 e. The zero-order valence-electron chi connectivity index (χ0n) is 14.5. The average molecular weight is 337 g/mol. The Hall–Kier alpha value is -1.94. The molecule has 0 saturated heterocycles. The van der Waals surface area contributed by atoms with Crippen molar-refractivity contribution in [3.05, 3.63) is 58.4 Å². The first-order valence-electron chi connectivity index (χ1n) is 8.48. The quantitative estimate of drug-likeness (QED) is 0.708. The topological polar surface area (TPSA) is 21.1 Å². The molecule has 0 unspecified atom stereocenters. The number of nitrogens with zero attached hydrogens (tertiary/aromatic N) is 3. The number of anilines is 1. The minimum absolute atomic E-state index is 0.719. The lowest BCUT2D eigenvalue weighted by atomic mass is 9.99. The Balaban J connectivity index is 1.88. The van der Waals surface area contributed by atoms with Crippen molar-refractivity contribution in [3.8, 4) is 0 Å². The van der Waals surface area contributed by atoms with E-state index in [-0.39, 0.29) is 0 Å². The number of benzene rings is 1. The van der Waals surface area contributed by atoms with Gasteiger partial charge in [-0.2, -0.15) is 12.6 Å². The highest BCUT2D eigenvalue weighted by Crippen LogP contribution is 2.35. The third-order valence-corrected chi connectivity index (χ3v) is 5.81. The van der Waals surface area contributed by atoms with E-state index >= 15 is 0 Å². The van der Waals surface area contributed by atoms with Crippen molar-refractivity contribution >= 4 is 29.3 Å². The van der Waals surface area contributed by atoms with Crippen LogP contribution in [0.15, 0.2) is 30.5 Å². The number of aromatic nitrogens is 2. The summed E-state index contributed by atoms with van der Waals surface area (Å²) < 4.78 is 2.29. The van der Waals surface area contributed by atoms with Gasteiger partial charge in [-0.3, -0.25) is 0 Å². The molecule has 1 aliphatic rings. The van der Waals surface area contributed by atoms with Gasteiger partial charge >= 0.3 is 0 Å². The molecule has 1 aliphatic heterocycles. The van der Waals surface area contributed by atoms with Crippen LogP contribution >= 0.6 is 12.6 Å². The number of thiol groups is 1. The van der Waals surface area contributed by atoms with Gasteiger partial charge in [0, 0.05) is 43.2 Å². The Morgan fingerprint density at radius 3 is 2.67 bits per heavy atom. The molecule has 3 nitrogen and oxygen atoms in total. The van der Waals surface area contributed by atoms with Gasteiger partial charge in [-0.15, -0.1) is 0 Å². The van der Waals surface area contributed by atoms with Crippen molar-refractivity contribution in [1.82, 2.24) is 9.55 Å². The van der Waals surface area contributed by atoms with Crippen LogP contribution in [-0.2, 0) is 25.8 Å². The van der Waals surface area contributed by atoms with Gasteiger partial charge in [-0.1, -0.05) is 24.3 Å². The molecule has 0 bridgehead atoms. The molecule has 0 saturated carbocycles. The summed E-state index contributed by atoms with van der Waals surface area (Å²) in [5.74, 6) is 1.82. The van der Waals surface area contributed by atoms with E-state index in [1.807, 2.05) is 6.20 Å². The van der Waals surface area contributed by atoms with Crippen molar-refractivity contribution in [1.29, 1.82) is 0 Å². The van der Waals surface area contributed by atoms with E-state index in [1.165, 1.54) is 38.9 Å². The Morgan fingerprint density at radius 1 is 1.17 bits per heavy atom. The van der Waals surface area contributed by atoms with E-state index < -0.39 is 0 Å². The molecule has 0 fully saturated rings. The van der Waals surface area contributed by atoms with Crippen LogP contribution in [0.5, 0.6) is 0 Å². The summed E-state index contributed by atoms with van der Waals surface area (Å²) in [5.41, 5.74) is 8.00. The van der Waals surface area contributed by atoms with Crippen molar-refractivity contribution in [2.45, 2.75) is 32.6 Å². The number of rotatable bonds is 2. The van der Waals surface area contributed by atoms with Gasteiger partial charge in [0.05, 0.1) is 5.52 Å². The largest absolute Gasteiger partial charge is 0.350 e. The first kappa shape index (κ1) is 15.6. The molecule has 0 radical (unpaired) electrons. The van der Waals surface area contributed by atoms with Gasteiger partial charge in [-0.25, -0.2) is 4.98 Å². The molecule has 24 heavy (non-hydrogen) atoms. The van der Waals surface area contributed by atoms with Crippen LogP contribution in [0.1, 0.15) is 27.9 Å². The number of hydrogen-bond donors (Lipinski definition) is 1. The summed E-state index contributed by atoms with van der Waals surface area (Å²) in [6.45, 7) is 6.34. The maximum atomic E-state index is 4.85. The standard InChI is InChI=1S/C20H23N3S/c1-13-14(2)22(3)19-18(13)17(12-24)10-21-20(19)23-9-8-15-6-4-5-7-16(15)11-23/h4-7,10,24H,8-9,11-12H2,1-3H3. The van der Waals surface area contributed by atoms with Gasteiger partial charge in [0.1, 0.15) is 0 Å². The highest BCUT2D eigenvalue weighted by Gasteiger charge is 2.23. The van der Waals surface area contributed by atoms with Gasteiger partial charge in [0.15, 0.2) is 5.82 Å². The van der Waals surface area contributed by atoms with Crippen LogP contribution < -0.4 is 4.90 Å². The predicted octanol–water partition coefficient (Wildman–Crippen LogP) is 4.18. The lowest BCUT2D eigenvalue weighted by Crippen LogP contribution is -2.31. The first-order valence-corrected chi connectivity index (χ1v) is 9.11. The number of hydrogen-bond acceptors (Lipinski definition) is 3. The van der Waals surface area contributed by atoms with E-state index in [4.69, 9.17) is 4.98 Å². The van der Waals surface area contributed by atoms with Gasteiger partial charge in [0.2, 0.25) is 0 Å². The number of pyridine rings is 1. The Kier molecular flexibility index (Phi) is 3.80. The van der Waals surface area contributed by atoms with Crippen molar-refractivity contribution < 1.29 is 0 Å². The molecule has 0 atom stereocenters. The minimum Gasteiger partial charge on any atom is -0.350 e. The second-order valence-electron chi connectivity index (χ2n) is 6.70. The third kappa shape index (κ3) is 2.24. The van der Waals surface area contributed by atoms with Crippen LogP contribution in [0.3, 0.4) is 0 Å². The summed E-state index contributed by atoms with van der Waals surface area (Å²) in [7, 11) is 2.15. The average Bonchev–Trinajstić information content (AvgIpc) is 2.85. The van der Waals surface area contributed by atoms with Crippen LogP contribution in [0, 0.1) is 13.8 Å². The Morgan fingerprint density at radius 2 is 1.92 bits per heavy atom. The molecule has 4 heteroatoms. The van der Waals surface area contributed by atoms with E-state index in [0.717, 1.165) is 31.1 Å². The fourth-order valence-corrected chi connectivity index (χ4v) is 4.13. The predicted molar refractivity (Wildman–Crippen MR) is 104 cm³/mol. The van der Waals surface area contributed by atoms with Crippen molar-refractivity contribution in [3.63, 3.8) is 0 Å². The normalized spacial score (nSPS) is 14.2. The van der Waals surface area contributed by atoms with Crippen molar-refractivity contribution in [2.75, 3.05) is 11.4 Å². The van der Waals surface area contributed by atoms with Crippen LogP contribution in [-0.4, -0.2) is 16.1 Å². The van der Waals surface area contributed by atoms with Gasteiger partial charge < -0.3 is 9.47 Å². The lowest BCUT2D eigenvalue weighted by molar-refractivity contribution is 0.720. The molecule has 0 amide bonds. The van der Waals surface area contributed by atoms with Gasteiger partial charge in [-0.05, 0) is 42.5 Å². The Bertz CT molecular complexity index is 926. The fourth-order valence-electron chi connectivity index (χ4n) is 3.89. The lowest BCUT2D eigenvalue weighted by Gasteiger charge is -2.30. The maximum absolute atomic E-state index is 4.85. The van der Waals surface area contributed by atoms with E-state index in [0.29, 0.717) is 0 Å².